The first-order valence-electron chi connectivity index (χ1n) is 7.13. The van der Waals surface area contributed by atoms with Gasteiger partial charge in [0.15, 0.2) is 9.84 Å². The van der Waals surface area contributed by atoms with Crippen LogP contribution in [0.5, 0.6) is 0 Å². The number of carbonyl (C=O) groups excluding carboxylic acids is 1. The topological polar surface area (TPSA) is 54.5 Å². The van der Waals surface area contributed by atoms with Crippen LogP contribution in [0.4, 0.5) is 4.39 Å². The fourth-order valence-corrected chi connectivity index (χ4v) is 3.40. The van der Waals surface area contributed by atoms with Gasteiger partial charge in [-0.05, 0) is 58.7 Å². The van der Waals surface area contributed by atoms with Gasteiger partial charge in [0.2, 0.25) is 0 Å². The minimum absolute atomic E-state index is 0.230. The van der Waals surface area contributed by atoms with Gasteiger partial charge in [-0.15, -0.1) is 0 Å². The van der Waals surface area contributed by atoms with E-state index in [4.69, 9.17) is 0 Å². The molecule has 1 atom stereocenters. The molecule has 0 radical (unpaired) electrons. The molecule has 4 nitrogen and oxygen atoms in total. The number of nitrogens with zero attached hydrogens (tertiary/aromatic N) is 1. The highest BCUT2D eigenvalue weighted by atomic mass is 79.9. The van der Waals surface area contributed by atoms with E-state index in [0.717, 1.165) is 11.8 Å². The Balaban J connectivity index is 2.25. The third-order valence-electron chi connectivity index (χ3n) is 3.85. The van der Waals surface area contributed by atoms with Gasteiger partial charge in [-0.1, -0.05) is 12.1 Å². The monoisotopic (exact) mass is 413 g/mol. The van der Waals surface area contributed by atoms with E-state index >= 15 is 0 Å². The zero-order chi connectivity index (χ0) is 18.1. The molecule has 0 spiro atoms. The fourth-order valence-electron chi connectivity index (χ4n) is 2.25. The second-order valence-corrected chi connectivity index (χ2v) is 8.43. The Bertz CT molecular complexity index is 866. The van der Waals surface area contributed by atoms with Crippen molar-refractivity contribution in [3.8, 4) is 0 Å². The van der Waals surface area contributed by atoms with E-state index in [1.165, 1.54) is 35.2 Å². The fraction of sp³-hybridized carbons (Fsp3) is 0.235. The maximum absolute atomic E-state index is 13.2. The molecule has 7 heteroatoms. The largest absolute Gasteiger partial charge is 0.335 e. The molecule has 2 aromatic rings. The maximum Gasteiger partial charge on any atom is 0.255 e. The van der Waals surface area contributed by atoms with Crippen molar-refractivity contribution in [1.82, 2.24) is 4.90 Å². The molecule has 0 aromatic heterocycles. The van der Waals surface area contributed by atoms with Gasteiger partial charge in [-0.25, -0.2) is 12.8 Å². The lowest BCUT2D eigenvalue weighted by molar-refractivity contribution is 0.0741. The van der Waals surface area contributed by atoms with Gasteiger partial charge in [-0.2, -0.15) is 0 Å². The number of hydrogen-bond donors (Lipinski definition) is 0. The number of sulfone groups is 1. The summed E-state index contributed by atoms with van der Waals surface area (Å²) in [7, 11) is -1.61. The van der Waals surface area contributed by atoms with E-state index in [9.17, 15) is 17.6 Å². The summed E-state index contributed by atoms with van der Waals surface area (Å²) < 4.78 is 36.6. The molecule has 0 saturated carbocycles. The van der Waals surface area contributed by atoms with Gasteiger partial charge >= 0.3 is 0 Å². The number of amides is 1. The van der Waals surface area contributed by atoms with Gasteiger partial charge < -0.3 is 4.90 Å². The Hall–Kier alpha value is -1.73. The van der Waals surface area contributed by atoms with Crippen LogP contribution >= 0.6 is 15.9 Å². The van der Waals surface area contributed by atoms with Crippen molar-refractivity contribution in [3.05, 3.63) is 63.9 Å². The number of halogens is 2. The molecule has 0 N–H and O–H groups in total. The SMILES string of the molecule is C[C@@H](c1ccc(S(C)(=O)=O)cc1)N(C)C(=O)c1ccc(F)cc1Br. The van der Waals surface area contributed by atoms with Gasteiger partial charge in [0, 0.05) is 17.8 Å². The molecule has 128 valence electrons. The summed E-state index contributed by atoms with van der Waals surface area (Å²) in [4.78, 5) is 14.3. The van der Waals surface area contributed by atoms with Gasteiger partial charge in [0.1, 0.15) is 5.82 Å². The number of hydrogen-bond acceptors (Lipinski definition) is 3. The van der Waals surface area contributed by atoms with Crippen molar-refractivity contribution in [1.29, 1.82) is 0 Å². The molecular formula is C17H17BrFNO3S. The summed E-state index contributed by atoms with van der Waals surface area (Å²) in [6.45, 7) is 1.84. The highest BCUT2D eigenvalue weighted by Gasteiger charge is 2.21. The third-order valence-corrected chi connectivity index (χ3v) is 5.64. The van der Waals surface area contributed by atoms with Gasteiger partial charge in [-0.3, -0.25) is 4.79 Å². The first kappa shape index (κ1) is 18.6. The highest BCUT2D eigenvalue weighted by molar-refractivity contribution is 9.10. The predicted molar refractivity (Wildman–Crippen MR) is 94.2 cm³/mol. The number of rotatable bonds is 4. The molecular weight excluding hydrogens is 397 g/mol. The number of benzene rings is 2. The van der Waals surface area contributed by atoms with Crippen LogP contribution in [0.2, 0.25) is 0 Å². The zero-order valence-corrected chi connectivity index (χ0v) is 15.9. The standard InChI is InChI=1S/C17H17BrFNO3S/c1-11(12-4-7-14(8-5-12)24(3,22)23)20(2)17(21)15-9-6-13(19)10-16(15)18/h4-11H,1-3H3/t11-/m0/s1. The Morgan fingerprint density at radius 1 is 1.17 bits per heavy atom. The zero-order valence-electron chi connectivity index (χ0n) is 13.5. The van der Waals surface area contributed by atoms with Crippen LogP contribution in [0, 0.1) is 5.82 Å². The molecule has 0 bridgehead atoms. The molecule has 0 aliphatic carbocycles. The highest BCUT2D eigenvalue weighted by Crippen LogP contribution is 2.25. The van der Waals surface area contributed by atoms with Crippen molar-refractivity contribution in [2.24, 2.45) is 0 Å². The van der Waals surface area contributed by atoms with Crippen molar-refractivity contribution < 1.29 is 17.6 Å². The van der Waals surface area contributed by atoms with E-state index in [0.29, 0.717) is 10.0 Å². The minimum Gasteiger partial charge on any atom is -0.335 e. The second-order valence-electron chi connectivity index (χ2n) is 5.56. The van der Waals surface area contributed by atoms with Crippen molar-refractivity contribution in [2.45, 2.75) is 17.9 Å². The van der Waals surface area contributed by atoms with E-state index in [1.807, 2.05) is 6.92 Å². The summed E-state index contributed by atoms with van der Waals surface area (Å²) >= 11 is 3.20. The maximum atomic E-state index is 13.2. The molecule has 0 fully saturated rings. The molecule has 0 aliphatic heterocycles. The predicted octanol–water partition coefficient (Wildman–Crippen LogP) is 3.82. The Morgan fingerprint density at radius 2 is 1.75 bits per heavy atom. The molecule has 2 rings (SSSR count). The van der Waals surface area contributed by atoms with Crippen LogP contribution in [-0.2, 0) is 9.84 Å². The van der Waals surface area contributed by atoms with Crippen molar-refractivity contribution in [2.75, 3.05) is 13.3 Å². The summed E-state index contributed by atoms with van der Waals surface area (Å²) in [5, 5.41) is 0. The molecule has 0 saturated heterocycles. The molecule has 24 heavy (non-hydrogen) atoms. The molecule has 0 aliphatic rings. The van der Waals surface area contributed by atoms with Crippen LogP contribution in [0.3, 0.4) is 0 Å². The average Bonchev–Trinajstić information content (AvgIpc) is 2.52. The van der Waals surface area contributed by atoms with Gasteiger partial charge in [0.25, 0.3) is 5.91 Å². The first-order valence-corrected chi connectivity index (χ1v) is 9.82. The van der Waals surface area contributed by atoms with E-state index in [2.05, 4.69) is 15.9 Å². The van der Waals surface area contributed by atoms with Crippen molar-refractivity contribution >= 4 is 31.7 Å². The Kier molecular flexibility index (Phi) is 5.45. The van der Waals surface area contributed by atoms with E-state index in [-0.39, 0.29) is 16.8 Å². The van der Waals surface area contributed by atoms with Crippen molar-refractivity contribution in [3.63, 3.8) is 0 Å². The Labute approximate surface area is 149 Å². The van der Waals surface area contributed by atoms with Crippen LogP contribution < -0.4 is 0 Å². The van der Waals surface area contributed by atoms with Crippen LogP contribution in [0.15, 0.2) is 51.8 Å². The van der Waals surface area contributed by atoms with Crippen LogP contribution in [-0.4, -0.2) is 32.5 Å². The lowest BCUT2D eigenvalue weighted by atomic mass is 10.1. The van der Waals surface area contributed by atoms with Gasteiger partial charge in [0.05, 0.1) is 16.5 Å². The smallest absolute Gasteiger partial charge is 0.255 e. The summed E-state index contributed by atoms with van der Waals surface area (Å²) in [6, 6.07) is 10.0. The lowest BCUT2D eigenvalue weighted by Crippen LogP contribution is -2.30. The van der Waals surface area contributed by atoms with Crippen LogP contribution in [0.1, 0.15) is 28.9 Å². The molecule has 0 unspecified atom stereocenters. The lowest BCUT2D eigenvalue weighted by Gasteiger charge is -2.26. The van der Waals surface area contributed by atoms with Crippen LogP contribution in [0.25, 0.3) is 0 Å². The summed E-state index contributed by atoms with van der Waals surface area (Å²) in [5.74, 6) is -0.688. The normalized spacial score (nSPS) is 12.7. The number of carbonyl (C=O) groups is 1. The Morgan fingerprint density at radius 3 is 2.25 bits per heavy atom. The second kappa shape index (κ2) is 7.03. The molecule has 2 aromatic carbocycles. The first-order chi connectivity index (χ1) is 11.1. The third kappa shape index (κ3) is 4.02. The average molecular weight is 414 g/mol. The minimum atomic E-state index is -3.26. The summed E-state index contributed by atoms with van der Waals surface area (Å²) in [5.41, 5.74) is 1.16. The molecule has 1 amide bonds. The summed E-state index contributed by atoms with van der Waals surface area (Å²) in [6.07, 6.45) is 1.15. The van der Waals surface area contributed by atoms with E-state index in [1.54, 1.807) is 19.2 Å². The quantitative estimate of drug-likeness (QED) is 0.765. The van der Waals surface area contributed by atoms with E-state index < -0.39 is 15.7 Å². The molecule has 0 heterocycles.